The van der Waals surface area contributed by atoms with E-state index in [9.17, 15) is 4.79 Å². The number of thiophene rings is 1. The lowest BCUT2D eigenvalue weighted by atomic mass is 9.89. The van der Waals surface area contributed by atoms with Gasteiger partial charge in [0.1, 0.15) is 23.1 Å². The number of aromatic nitrogens is 2. The topological polar surface area (TPSA) is 58.6 Å². The van der Waals surface area contributed by atoms with Gasteiger partial charge >= 0.3 is 0 Å². The number of aryl methyl sites for hydroxylation is 1. The third kappa shape index (κ3) is 3.99. The first-order valence-corrected chi connectivity index (χ1v) is 11.7. The van der Waals surface area contributed by atoms with E-state index in [0.717, 1.165) is 67.8 Å². The molecule has 0 aromatic carbocycles. The van der Waals surface area contributed by atoms with Crippen LogP contribution in [0, 0.1) is 5.92 Å². The van der Waals surface area contributed by atoms with Gasteiger partial charge in [0, 0.05) is 44.1 Å². The van der Waals surface area contributed by atoms with Crippen LogP contribution in [0.2, 0.25) is 0 Å². The third-order valence-corrected chi connectivity index (χ3v) is 7.55. The minimum Gasteiger partial charge on any atom is -0.375 e. The van der Waals surface area contributed by atoms with Gasteiger partial charge in [0.25, 0.3) is 0 Å². The Labute approximate surface area is 177 Å². The van der Waals surface area contributed by atoms with E-state index in [2.05, 4.69) is 25.7 Å². The molecule has 1 aliphatic carbocycles. The fraction of sp³-hybridized carbons (Fsp3) is 0.682. The van der Waals surface area contributed by atoms with Gasteiger partial charge in [-0.3, -0.25) is 4.79 Å². The second-order valence-corrected chi connectivity index (χ2v) is 9.63. The summed E-state index contributed by atoms with van der Waals surface area (Å²) >= 11 is 1.88. The minimum absolute atomic E-state index is 0.0715. The molecule has 2 atom stereocenters. The Kier molecular flexibility index (Phi) is 6.06. The summed E-state index contributed by atoms with van der Waals surface area (Å²) in [4.78, 5) is 29.2. The van der Waals surface area contributed by atoms with E-state index in [-0.39, 0.29) is 12.5 Å². The first-order valence-electron chi connectivity index (χ1n) is 10.9. The van der Waals surface area contributed by atoms with Crippen molar-refractivity contribution in [3.63, 3.8) is 0 Å². The van der Waals surface area contributed by atoms with E-state index in [4.69, 9.17) is 14.7 Å². The predicted molar refractivity (Wildman–Crippen MR) is 118 cm³/mol. The third-order valence-electron chi connectivity index (χ3n) is 6.41. The fourth-order valence-electron chi connectivity index (χ4n) is 4.35. The first kappa shape index (κ1) is 20.5. The lowest BCUT2D eigenvalue weighted by Crippen LogP contribution is -2.50. The van der Waals surface area contributed by atoms with Crippen molar-refractivity contribution in [1.82, 2.24) is 14.9 Å². The molecule has 0 saturated carbocycles. The van der Waals surface area contributed by atoms with Crippen LogP contribution in [0.15, 0.2) is 0 Å². The summed E-state index contributed by atoms with van der Waals surface area (Å²) < 4.78 is 5.02. The zero-order chi connectivity index (χ0) is 20.5. The zero-order valence-corrected chi connectivity index (χ0v) is 18.8. The number of carbonyl (C=O) groups is 1. The number of piperazine rings is 1. The largest absolute Gasteiger partial charge is 0.375 e. The molecule has 2 unspecified atom stereocenters. The predicted octanol–water partition coefficient (Wildman–Crippen LogP) is 3.62. The van der Waals surface area contributed by atoms with Crippen molar-refractivity contribution >= 4 is 33.3 Å². The highest BCUT2D eigenvalue weighted by molar-refractivity contribution is 7.19. The molecule has 2 aliphatic rings. The number of amides is 1. The molecule has 4 rings (SSSR count). The molecule has 0 radical (unpaired) electrons. The summed E-state index contributed by atoms with van der Waals surface area (Å²) in [6.45, 7) is 9.96. The number of rotatable bonds is 5. The van der Waals surface area contributed by atoms with Crippen molar-refractivity contribution in [3.8, 4) is 0 Å². The molecular weight excluding hydrogens is 384 g/mol. The maximum atomic E-state index is 12.2. The summed E-state index contributed by atoms with van der Waals surface area (Å²) in [6, 6.07) is 0. The summed E-state index contributed by atoms with van der Waals surface area (Å²) in [5.74, 6) is 3.22. The molecule has 158 valence electrons. The van der Waals surface area contributed by atoms with Gasteiger partial charge < -0.3 is 14.5 Å². The van der Waals surface area contributed by atoms with Crippen molar-refractivity contribution in [2.24, 2.45) is 5.92 Å². The highest BCUT2D eigenvalue weighted by Crippen LogP contribution is 2.41. The second-order valence-electron chi connectivity index (χ2n) is 8.55. The van der Waals surface area contributed by atoms with Crippen molar-refractivity contribution in [3.05, 3.63) is 16.3 Å². The maximum Gasteiger partial charge on any atom is 0.248 e. The van der Waals surface area contributed by atoms with E-state index in [1.807, 2.05) is 16.2 Å². The van der Waals surface area contributed by atoms with Crippen LogP contribution < -0.4 is 4.90 Å². The molecule has 0 spiro atoms. The van der Waals surface area contributed by atoms with Gasteiger partial charge in [0.15, 0.2) is 0 Å². The minimum atomic E-state index is 0.0715. The normalized spacial score (nSPS) is 20.8. The molecule has 6 nitrogen and oxygen atoms in total. The number of hydrogen-bond donors (Lipinski definition) is 0. The van der Waals surface area contributed by atoms with E-state index >= 15 is 0 Å². The zero-order valence-electron chi connectivity index (χ0n) is 18.0. The van der Waals surface area contributed by atoms with E-state index in [1.54, 1.807) is 7.11 Å². The Morgan fingerprint density at radius 2 is 2.03 bits per heavy atom. The van der Waals surface area contributed by atoms with Gasteiger partial charge in [-0.05, 0) is 37.2 Å². The van der Waals surface area contributed by atoms with Crippen LogP contribution in [0.4, 0.5) is 5.82 Å². The first-order chi connectivity index (χ1) is 14.0. The van der Waals surface area contributed by atoms with Crippen molar-refractivity contribution < 1.29 is 9.53 Å². The number of fused-ring (bicyclic) bond motifs is 3. The summed E-state index contributed by atoms with van der Waals surface area (Å²) in [6.07, 6.45) is 4.56. The Morgan fingerprint density at radius 3 is 2.72 bits per heavy atom. The van der Waals surface area contributed by atoms with Crippen LogP contribution in [0.3, 0.4) is 0 Å². The number of ether oxygens (including phenoxy) is 1. The Bertz CT molecular complexity index is 889. The average molecular weight is 417 g/mol. The molecule has 0 bridgehead atoms. The quantitative estimate of drug-likeness (QED) is 0.745. The van der Waals surface area contributed by atoms with Gasteiger partial charge in [0.2, 0.25) is 5.91 Å². The monoisotopic (exact) mass is 416 g/mol. The Morgan fingerprint density at radius 1 is 1.28 bits per heavy atom. The molecule has 7 heteroatoms. The molecule has 29 heavy (non-hydrogen) atoms. The number of hydrogen-bond acceptors (Lipinski definition) is 6. The molecule has 3 heterocycles. The molecule has 1 aliphatic heterocycles. The Hall–Kier alpha value is -1.73. The lowest BCUT2D eigenvalue weighted by Gasteiger charge is -2.36. The van der Waals surface area contributed by atoms with E-state index < -0.39 is 0 Å². The summed E-state index contributed by atoms with van der Waals surface area (Å²) in [5.41, 5.74) is 1.48. The van der Waals surface area contributed by atoms with Crippen LogP contribution in [-0.4, -0.2) is 60.7 Å². The van der Waals surface area contributed by atoms with Crippen LogP contribution >= 0.6 is 11.3 Å². The van der Waals surface area contributed by atoms with Gasteiger partial charge in [-0.15, -0.1) is 11.3 Å². The second kappa shape index (κ2) is 8.56. The number of carbonyl (C=O) groups excluding carboxylic acids is 1. The summed E-state index contributed by atoms with van der Waals surface area (Å²) in [5, 5.41) is 1.28. The van der Waals surface area contributed by atoms with Crippen LogP contribution in [0.1, 0.15) is 55.8 Å². The van der Waals surface area contributed by atoms with E-state index in [0.29, 0.717) is 5.92 Å². The van der Waals surface area contributed by atoms with Crippen molar-refractivity contribution in [2.75, 3.05) is 44.8 Å². The molecule has 2 aromatic heterocycles. The molecule has 1 saturated heterocycles. The smallest absolute Gasteiger partial charge is 0.248 e. The molecule has 1 amide bonds. The Balaban J connectivity index is 1.70. The lowest BCUT2D eigenvalue weighted by molar-refractivity contribution is -0.135. The SMILES string of the molecule is CCC(C)c1nc(N2CCN(C(=O)COC)CC2)c2c3c(sc2n1)CC(C)CC3. The van der Waals surface area contributed by atoms with Gasteiger partial charge in [-0.25, -0.2) is 9.97 Å². The molecule has 2 aromatic rings. The van der Waals surface area contributed by atoms with Gasteiger partial charge in [0.05, 0.1) is 5.39 Å². The van der Waals surface area contributed by atoms with Crippen molar-refractivity contribution in [1.29, 1.82) is 0 Å². The maximum absolute atomic E-state index is 12.2. The van der Waals surface area contributed by atoms with Crippen LogP contribution in [0.5, 0.6) is 0 Å². The number of methoxy groups -OCH3 is 1. The van der Waals surface area contributed by atoms with Gasteiger partial charge in [-0.2, -0.15) is 0 Å². The van der Waals surface area contributed by atoms with Crippen molar-refractivity contribution in [2.45, 2.75) is 52.4 Å². The number of anilines is 1. The standard InChI is InChI=1S/C22H32N4O2S/c1-5-15(3)20-23-21(26-10-8-25(9-11-26)18(27)13-28-4)19-16-7-6-14(2)12-17(16)29-22(19)24-20/h14-15H,5-13H2,1-4H3. The molecule has 1 fully saturated rings. The average Bonchev–Trinajstić information content (AvgIpc) is 3.10. The molecule has 0 N–H and O–H groups in total. The van der Waals surface area contributed by atoms with Crippen LogP contribution in [-0.2, 0) is 22.4 Å². The fourth-order valence-corrected chi connectivity index (χ4v) is 5.74. The highest BCUT2D eigenvalue weighted by atomic mass is 32.1. The highest BCUT2D eigenvalue weighted by Gasteiger charge is 2.29. The number of nitrogens with zero attached hydrogens (tertiary/aromatic N) is 4. The summed E-state index contributed by atoms with van der Waals surface area (Å²) in [7, 11) is 1.57. The van der Waals surface area contributed by atoms with Gasteiger partial charge in [-0.1, -0.05) is 20.8 Å². The van der Waals surface area contributed by atoms with Crippen LogP contribution in [0.25, 0.3) is 10.2 Å². The molecular formula is C22H32N4O2S. The van der Waals surface area contributed by atoms with E-state index in [1.165, 1.54) is 22.2 Å².